The van der Waals surface area contributed by atoms with E-state index in [4.69, 9.17) is 0 Å². The first-order valence-electron chi connectivity index (χ1n) is 5.02. The van der Waals surface area contributed by atoms with Crippen LogP contribution in [0.3, 0.4) is 0 Å². The van der Waals surface area contributed by atoms with E-state index in [0.717, 1.165) is 13.1 Å². The van der Waals surface area contributed by atoms with Crippen LogP contribution in [0.15, 0.2) is 28.3 Å². The molecule has 0 saturated heterocycles. The van der Waals surface area contributed by atoms with Gasteiger partial charge in [-0.15, -0.1) is 11.3 Å². The summed E-state index contributed by atoms with van der Waals surface area (Å²) in [7, 11) is 4.07. The van der Waals surface area contributed by atoms with Gasteiger partial charge in [-0.1, -0.05) is 0 Å². The maximum Gasteiger partial charge on any atom is 0.0534 e. The summed E-state index contributed by atoms with van der Waals surface area (Å²) >= 11 is 5.26. The van der Waals surface area contributed by atoms with Gasteiger partial charge in [0.2, 0.25) is 0 Å². The highest BCUT2D eigenvalue weighted by Crippen LogP contribution is 2.21. The SMILES string of the molecule is CN(Cc1cnn(C)c1)Cc1cc(Br)cs1. The Hall–Kier alpha value is -0.650. The van der Waals surface area contributed by atoms with Gasteiger partial charge >= 0.3 is 0 Å². The van der Waals surface area contributed by atoms with E-state index in [1.165, 1.54) is 14.9 Å². The van der Waals surface area contributed by atoms with Gasteiger partial charge in [0.05, 0.1) is 6.20 Å². The van der Waals surface area contributed by atoms with Crippen molar-refractivity contribution in [1.29, 1.82) is 0 Å². The number of thiophene rings is 1. The van der Waals surface area contributed by atoms with Gasteiger partial charge in [0.1, 0.15) is 0 Å². The highest BCUT2D eigenvalue weighted by molar-refractivity contribution is 9.10. The minimum absolute atomic E-state index is 0.934. The van der Waals surface area contributed by atoms with Gasteiger partial charge in [0, 0.05) is 46.6 Å². The van der Waals surface area contributed by atoms with Crippen LogP contribution >= 0.6 is 27.3 Å². The normalized spacial score (nSPS) is 11.2. The molecule has 86 valence electrons. The molecular weight excluding hydrogens is 286 g/mol. The molecular formula is C11H14BrN3S. The summed E-state index contributed by atoms with van der Waals surface area (Å²) in [5.41, 5.74) is 1.25. The molecule has 0 aliphatic heterocycles. The van der Waals surface area contributed by atoms with E-state index in [-0.39, 0.29) is 0 Å². The topological polar surface area (TPSA) is 21.1 Å². The Morgan fingerprint density at radius 1 is 1.50 bits per heavy atom. The molecule has 0 saturated carbocycles. The lowest BCUT2D eigenvalue weighted by Crippen LogP contribution is -2.16. The molecule has 0 atom stereocenters. The van der Waals surface area contributed by atoms with E-state index < -0.39 is 0 Å². The predicted octanol–water partition coefficient (Wildman–Crippen LogP) is 2.88. The first kappa shape index (κ1) is 11.8. The van der Waals surface area contributed by atoms with Crippen LogP contribution in [0.4, 0.5) is 0 Å². The van der Waals surface area contributed by atoms with Crippen molar-refractivity contribution < 1.29 is 0 Å². The van der Waals surface area contributed by atoms with Gasteiger partial charge in [0.15, 0.2) is 0 Å². The zero-order valence-corrected chi connectivity index (χ0v) is 11.8. The lowest BCUT2D eigenvalue weighted by Gasteiger charge is -2.13. The fourth-order valence-corrected chi connectivity index (χ4v) is 3.15. The van der Waals surface area contributed by atoms with Crippen LogP contribution in [0.2, 0.25) is 0 Å². The van der Waals surface area contributed by atoms with Gasteiger partial charge in [-0.3, -0.25) is 9.58 Å². The molecule has 0 aliphatic carbocycles. The number of halogens is 1. The molecule has 0 N–H and O–H groups in total. The third-order valence-electron chi connectivity index (χ3n) is 2.26. The molecule has 0 amide bonds. The first-order valence-corrected chi connectivity index (χ1v) is 6.70. The van der Waals surface area contributed by atoms with Crippen molar-refractivity contribution in [2.24, 2.45) is 7.05 Å². The van der Waals surface area contributed by atoms with E-state index in [0.29, 0.717) is 0 Å². The average molecular weight is 300 g/mol. The molecule has 0 radical (unpaired) electrons. The molecule has 0 aromatic carbocycles. The molecule has 2 heterocycles. The minimum Gasteiger partial charge on any atom is -0.297 e. The summed E-state index contributed by atoms with van der Waals surface area (Å²) in [6.07, 6.45) is 3.97. The molecule has 16 heavy (non-hydrogen) atoms. The highest BCUT2D eigenvalue weighted by Gasteiger charge is 2.05. The van der Waals surface area contributed by atoms with Crippen LogP contribution in [0, 0.1) is 0 Å². The molecule has 2 rings (SSSR count). The maximum absolute atomic E-state index is 4.17. The van der Waals surface area contributed by atoms with E-state index in [1.807, 2.05) is 17.9 Å². The van der Waals surface area contributed by atoms with E-state index in [2.05, 4.69) is 50.6 Å². The lowest BCUT2D eigenvalue weighted by molar-refractivity contribution is 0.322. The summed E-state index contributed by atoms with van der Waals surface area (Å²) in [6.45, 7) is 1.91. The second kappa shape index (κ2) is 5.12. The number of aromatic nitrogens is 2. The largest absolute Gasteiger partial charge is 0.297 e. The van der Waals surface area contributed by atoms with Crippen molar-refractivity contribution in [3.63, 3.8) is 0 Å². The highest BCUT2D eigenvalue weighted by atomic mass is 79.9. The number of hydrogen-bond donors (Lipinski definition) is 0. The smallest absolute Gasteiger partial charge is 0.0534 e. The maximum atomic E-state index is 4.17. The summed E-state index contributed by atoms with van der Waals surface area (Å²) in [5, 5.41) is 6.28. The van der Waals surface area contributed by atoms with Gasteiger partial charge in [-0.25, -0.2) is 0 Å². The van der Waals surface area contributed by atoms with Crippen LogP contribution in [0.1, 0.15) is 10.4 Å². The Kier molecular flexibility index (Phi) is 3.78. The fraction of sp³-hybridized carbons (Fsp3) is 0.364. The Balaban J connectivity index is 1.91. The molecule has 0 unspecified atom stereocenters. The Morgan fingerprint density at radius 3 is 2.88 bits per heavy atom. The number of hydrogen-bond acceptors (Lipinski definition) is 3. The molecule has 2 aromatic rings. The third kappa shape index (κ3) is 3.17. The minimum atomic E-state index is 0.934. The van der Waals surface area contributed by atoms with Crippen molar-refractivity contribution in [3.8, 4) is 0 Å². The molecule has 5 heteroatoms. The van der Waals surface area contributed by atoms with Crippen LogP contribution in [-0.2, 0) is 20.1 Å². The van der Waals surface area contributed by atoms with Crippen molar-refractivity contribution in [3.05, 3.63) is 38.8 Å². The van der Waals surface area contributed by atoms with E-state index in [1.54, 1.807) is 11.3 Å². The fourth-order valence-electron chi connectivity index (χ4n) is 1.62. The molecule has 3 nitrogen and oxygen atoms in total. The summed E-state index contributed by atoms with van der Waals surface area (Å²) in [6, 6.07) is 2.17. The van der Waals surface area contributed by atoms with Crippen LogP contribution in [-0.4, -0.2) is 21.7 Å². The van der Waals surface area contributed by atoms with Gasteiger partial charge in [-0.2, -0.15) is 5.10 Å². The first-order chi connectivity index (χ1) is 7.63. The van der Waals surface area contributed by atoms with Crippen LogP contribution < -0.4 is 0 Å². The number of aryl methyl sites for hydroxylation is 1. The standard InChI is InChI=1S/C11H14BrN3S/c1-14(5-9-4-13-15(2)6-9)7-11-3-10(12)8-16-11/h3-4,6,8H,5,7H2,1-2H3. The van der Waals surface area contributed by atoms with E-state index in [9.17, 15) is 0 Å². The quantitative estimate of drug-likeness (QED) is 0.866. The summed E-state index contributed by atoms with van der Waals surface area (Å²) < 4.78 is 3.01. The average Bonchev–Trinajstić information content (AvgIpc) is 2.76. The molecule has 0 bridgehead atoms. The number of rotatable bonds is 4. The number of nitrogens with zero attached hydrogens (tertiary/aromatic N) is 3. The molecule has 2 aromatic heterocycles. The van der Waals surface area contributed by atoms with Crippen molar-refractivity contribution >= 4 is 27.3 Å². The van der Waals surface area contributed by atoms with Gasteiger partial charge < -0.3 is 0 Å². The Bertz CT molecular complexity index is 421. The van der Waals surface area contributed by atoms with Crippen molar-refractivity contribution in [2.75, 3.05) is 7.05 Å². The van der Waals surface area contributed by atoms with E-state index >= 15 is 0 Å². The van der Waals surface area contributed by atoms with Gasteiger partial charge in [0.25, 0.3) is 0 Å². The monoisotopic (exact) mass is 299 g/mol. The predicted molar refractivity (Wildman–Crippen MR) is 70.4 cm³/mol. The lowest BCUT2D eigenvalue weighted by atomic mass is 10.3. The third-order valence-corrected chi connectivity index (χ3v) is 3.94. The molecule has 0 fully saturated rings. The zero-order valence-electron chi connectivity index (χ0n) is 9.35. The van der Waals surface area contributed by atoms with Crippen LogP contribution in [0.25, 0.3) is 0 Å². The second-order valence-electron chi connectivity index (χ2n) is 3.93. The van der Waals surface area contributed by atoms with Crippen LogP contribution in [0.5, 0.6) is 0 Å². The Labute approximate surface area is 108 Å². The van der Waals surface area contributed by atoms with Crippen molar-refractivity contribution in [2.45, 2.75) is 13.1 Å². The van der Waals surface area contributed by atoms with Gasteiger partial charge in [-0.05, 0) is 29.0 Å². The summed E-state index contributed by atoms with van der Waals surface area (Å²) in [5.74, 6) is 0. The Morgan fingerprint density at radius 2 is 2.31 bits per heavy atom. The summed E-state index contributed by atoms with van der Waals surface area (Å²) in [4.78, 5) is 3.66. The molecule has 0 aliphatic rings. The zero-order chi connectivity index (χ0) is 11.5. The molecule has 0 spiro atoms. The second-order valence-corrected chi connectivity index (χ2v) is 5.84. The van der Waals surface area contributed by atoms with Crippen molar-refractivity contribution in [1.82, 2.24) is 14.7 Å².